The van der Waals surface area contributed by atoms with Gasteiger partial charge in [0.2, 0.25) is 11.9 Å². The number of hydrogen-bond acceptors (Lipinski definition) is 4. The molecule has 0 aromatic carbocycles. The summed E-state index contributed by atoms with van der Waals surface area (Å²) in [6.07, 6.45) is 4.86. The van der Waals surface area contributed by atoms with Crippen LogP contribution in [0.1, 0.15) is 18.4 Å². The molecule has 1 fully saturated rings. The molecule has 1 aromatic rings. The van der Waals surface area contributed by atoms with Gasteiger partial charge >= 0.3 is 0 Å². The van der Waals surface area contributed by atoms with E-state index in [9.17, 15) is 14.9 Å². The molecule has 0 radical (unpaired) electrons. The van der Waals surface area contributed by atoms with E-state index in [1.54, 1.807) is 6.20 Å². The van der Waals surface area contributed by atoms with E-state index in [2.05, 4.69) is 10.4 Å². The Morgan fingerprint density at radius 2 is 2.50 bits per heavy atom. The van der Waals surface area contributed by atoms with E-state index in [0.717, 1.165) is 18.5 Å². The smallest absolute Gasteiger partial charge is 0.230 e. The highest BCUT2D eigenvalue weighted by molar-refractivity contribution is 5.81. The van der Waals surface area contributed by atoms with Gasteiger partial charge in [-0.2, -0.15) is 5.10 Å². The Bertz CT molecular complexity index is 457. The summed E-state index contributed by atoms with van der Waals surface area (Å²) in [7, 11) is 0. The van der Waals surface area contributed by atoms with Gasteiger partial charge in [-0.05, 0) is 18.9 Å². The van der Waals surface area contributed by atoms with Gasteiger partial charge in [-0.1, -0.05) is 0 Å². The Kier molecular flexibility index (Phi) is 3.59. The van der Waals surface area contributed by atoms with Crippen LogP contribution in [-0.4, -0.2) is 33.2 Å². The molecule has 1 N–H and O–H groups in total. The summed E-state index contributed by atoms with van der Waals surface area (Å²) < 4.78 is 1.82. The maximum absolute atomic E-state index is 11.5. The lowest BCUT2D eigenvalue weighted by Crippen LogP contribution is -2.28. The molecule has 1 heterocycles. The summed E-state index contributed by atoms with van der Waals surface area (Å²) in [5, 5.41) is 17.3. The fraction of sp³-hybridized carbons (Fsp3) is 0.636. The van der Waals surface area contributed by atoms with E-state index in [1.807, 2.05) is 17.8 Å². The van der Waals surface area contributed by atoms with Gasteiger partial charge < -0.3 is 5.32 Å². The Labute approximate surface area is 104 Å². The molecule has 1 aromatic heterocycles. The molecule has 0 unspecified atom stereocenters. The Balaban J connectivity index is 1.61. The van der Waals surface area contributed by atoms with Gasteiger partial charge in [-0.25, -0.2) is 0 Å². The van der Waals surface area contributed by atoms with Gasteiger partial charge in [0.15, 0.2) is 0 Å². The average molecular weight is 252 g/mol. The fourth-order valence-electron chi connectivity index (χ4n) is 1.87. The number of nitro groups is 1. The molecular formula is C11H16N4O3. The van der Waals surface area contributed by atoms with Crippen LogP contribution in [0.2, 0.25) is 0 Å². The topological polar surface area (TPSA) is 90.1 Å². The van der Waals surface area contributed by atoms with Crippen molar-refractivity contribution in [3.8, 4) is 0 Å². The van der Waals surface area contributed by atoms with Crippen LogP contribution in [-0.2, 0) is 11.3 Å². The highest BCUT2D eigenvalue weighted by atomic mass is 16.6. The minimum Gasteiger partial charge on any atom is -0.356 e. The lowest BCUT2D eigenvalue weighted by molar-refractivity contribution is -0.497. The molecule has 7 nitrogen and oxygen atoms in total. The first-order valence-electron chi connectivity index (χ1n) is 5.98. The molecule has 0 aliphatic heterocycles. The average Bonchev–Trinajstić information content (AvgIpc) is 3.03. The second kappa shape index (κ2) is 5.16. The number of nitrogens with one attached hydrogen (secondary N) is 1. The molecule has 1 amide bonds. The zero-order valence-electron chi connectivity index (χ0n) is 10.2. The van der Waals surface area contributed by atoms with Gasteiger partial charge in [0.05, 0.1) is 6.20 Å². The predicted octanol–water partition coefficient (Wildman–Crippen LogP) is 0.363. The largest absolute Gasteiger partial charge is 0.356 e. The minimum absolute atomic E-state index is 0.201. The van der Waals surface area contributed by atoms with E-state index in [0.29, 0.717) is 13.0 Å². The number of nitrogens with zero attached hydrogens (tertiary/aromatic N) is 3. The summed E-state index contributed by atoms with van der Waals surface area (Å²) in [6, 6.07) is -0.668. The number of carbonyl (C=O) groups is 1. The number of carbonyl (C=O) groups excluding carboxylic acids is 1. The zero-order valence-corrected chi connectivity index (χ0v) is 10.2. The molecule has 7 heteroatoms. The Hall–Kier alpha value is -1.92. The second-order valence-corrected chi connectivity index (χ2v) is 4.62. The fourth-order valence-corrected chi connectivity index (χ4v) is 1.87. The standard InChI is InChI=1S/C11H16N4O3/c1-8-6-13-14(7-8)4-2-3-12-11(16)9-5-10(9)15(17)18/h6-7,9-10H,2-5H2,1H3,(H,12,16)/t9-,10-/m1/s1. The van der Waals surface area contributed by atoms with E-state index in [4.69, 9.17) is 0 Å². The van der Waals surface area contributed by atoms with Crippen molar-refractivity contribution in [2.45, 2.75) is 32.4 Å². The maximum atomic E-state index is 11.5. The molecule has 0 bridgehead atoms. The van der Waals surface area contributed by atoms with Crippen LogP contribution < -0.4 is 5.32 Å². The van der Waals surface area contributed by atoms with E-state index < -0.39 is 12.0 Å². The molecular weight excluding hydrogens is 236 g/mol. The van der Waals surface area contributed by atoms with E-state index in [1.165, 1.54) is 0 Å². The summed E-state index contributed by atoms with van der Waals surface area (Å²) in [4.78, 5) is 21.5. The molecule has 0 saturated heterocycles. The van der Waals surface area contributed by atoms with Crippen LogP contribution >= 0.6 is 0 Å². The van der Waals surface area contributed by atoms with Gasteiger partial charge in [0.1, 0.15) is 5.92 Å². The van der Waals surface area contributed by atoms with Crippen molar-refractivity contribution in [2.75, 3.05) is 6.54 Å². The lowest BCUT2D eigenvalue weighted by atomic mass is 10.3. The van der Waals surface area contributed by atoms with Gasteiger partial charge in [0.25, 0.3) is 0 Å². The molecule has 1 aliphatic carbocycles. The summed E-state index contributed by atoms with van der Waals surface area (Å²) in [5.41, 5.74) is 1.10. The maximum Gasteiger partial charge on any atom is 0.230 e. The second-order valence-electron chi connectivity index (χ2n) is 4.62. The minimum atomic E-state index is -0.668. The van der Waals surface area contributed by atoms with Crippen molar-refractivity contribution in [3.05, 3.63) is 28.1 Å². The SMILES string of the molecule is Cc1cnn(CCCNC(=O)[C@@H]2C[C@H]2[N+](=O)[O-])c1. The molecule has 2 atom stereocenters. The number of amides is 1. The summed E-state index contributed by atoms with van der Waals surface area (Å²) >= 11 is 0. The van der Waals surface area contributed by atoms with Crippen LogP contribution in [0, 0.1) is 23.0 Å². The van der Waals surface area contributed by atoms with Gasteiger partial charge in [-0.3, -0.25) is 19.6 Å². The first-order valence-corrected chi connectivity index (χ1v) is 5.98. The van der Waals surface area contributed by atoms with Crippen molar-refractivity contribution in [1.82, 2.24) is 15.1 Å². The highest BCUT2D eigenvalue weighted by Gasteiger charge is 2.53. The van der Waals surface area contributed by atoms with E-state index >= 15 is 0 Å². The normalized spacial score (nSPS) is 21.6. The van der Waals surface area contributed by atoms with E-state index in [-0.39, 0.29) is 10.8 Å². The van der Waals surface area contributed by atoms with Crippen LogP contribution in [0.15, 0.2) is 12.4 Å². The Morgan fingerprint density at radius 3 is 3.06 bits per heavy atom. The molecule has 18 heavy (non-hydrogen) atoms. The van der Waals surface area contributed by atoms with Crippen LogP contribution in [0.25, 0.3) is 0 Å². The molecule has 0 spiro atoms. The highest BCUT2D eigenvalue weighted by Crippen LogP contribution is 2.32. The van der Waals surface area contributed by atoms with Crippen molar-refractivity contribution < 1.29 is 9.72 Å². The number of aryl methyl sites for hydroxylation is 2. The Morgan fingerprint density at radius 1 is 1.72 bits per heavy atom. The quantitative estimate of drug-likeness (QED) is 0.449. The third kappa shape index (κ3) is 3.06. The predicted molar refractivity (Wildman–Crippen MR) is 63.5 cm³/mol. The van der Waals surface area contributed by atoms with Gasteiger partial charge in [0, 0.05) is 30.6 Å². The summed E-state index contributed by atoms with van der Waals surface area (Å²) in [5.74, 6) is -0.625. The first-order chi connectivity index (χ1) is 8.58. The van der Waals surface area contributed by atoms with Crippen molar-refractivity contribution in [1.29, 1.82) is 0 Å². The van der Waals surface area contributed by atoms with Crippen molar-refractivity contribution in [3.63, 3.8) is 0 Å². The van der Waals surface area contributed by atoms with Gasteiger partial charge in [-0.15, -0.1) is 0 Å². The molecule has 98 valence electrons. The lowest BCUT2D eigenvalue weighted by Gasteiger charge is -2.04. The zero-order chi connectivity index (χ0) is 13.1. The molecule has 2 rings (SSSR count). The number of aromatic nitrogens is 2. The number of rotatable bonds is 6. The third-order valence-electron chi connectivity index (χ3n) is 2.99. The van der Waals surface area contributed by atoms with Crippen LogP contribution in [0.3, 0.4) is 0 Å². The van der Waals surface area contributed by atoms with Crippen molar-refractivity contribution in [2.24, 2.45) is 5.92 Å². The molecule has 1 saturated carbocycles. The van der Waals surface area contributed by atoms with Crippen LogP contribution in [0.4, 0.5) is 0 Å². The molecule has 1 aliphatic rings. The van der Waals surface area contributed by atoms with Crippen molar-refractivity contribution >= 4 is 5.91 Å². The first kappa shape index (κ1) is 12.5. The van der Waals surface area contributed by atoms with Crippen LogP contribution in [0.5, 0.6) is 0 Å². The monoisotopic (exact) mass is 252 g/mol. The summed E-state index contributed by atoms with van der Waals surface area (Å²) in [6.45, 7) is 3.23. The third-order valence-corrected chi connectivity index (χ3v) is 2.99. The number of hydrogen-bond donors (Lipinski definition) is 1.